The molecule has 6 heteroatoms. The largest absolute Gasteiger partial charge is 0.476 e. The minimum atomic E-state index is -1.07. The Labute approximate surface area is 94.6 Å². The van der Waals surface area contributed by atoms with Gasteiger partial charge in [0, 0.05) is 12.8 Å². The second-order valence-electron chi connectivity index (χ2n) is 3.23. The first kappa shape index (κ1) is 10.5. The molecule has 2 heterocycles. The highest BCUT2D eigenvalue weighted by Gasteiger charge is 2.22. The summed E-state index contributed by atoms with van der Waals surface area (Å²) >= 11 is 3.09. The fraction of sp³-hybridized carbons (Fsp3) is 0.444. The fourth-order valence-electron chi connectivity index (χ4n) is 1.47. The van der Waals surface area contributed by atoms with Crippen LogP contribution in [-0.2, 0) is 4.74 Å². The second kappa shape index (κ2) is 4.24. The number of ether oxygens (including phenoxy) is 1. The monoisotopic (exact) mass is 272 g/mol. The van der Waals surface area contributed by atoms with Gasteiger partial charge < -0.3 is 9.84 Å². The van der Waals surface area contributed by atoms with E-state index in [2.05, 4.69) is 25.9 Å². The van der Waals surface area contributed by atoms with Gasteiger partial charge in [-0.1, -0.05) is 0 Å². The molecular weight excluding hydrogens is 264 g/mol. The van der Waals surface area contributed by atoms with E-state index in [-0.39, 0.29) is 11.8 Å². The topological polar surface area (TPSA) is 72.3 Å². The van der Waals surface area contributed by atoms with E-state index < -0.39 is 5.97 Å². The van der Waals surface area contributed by atoms with Gasteiger partial charge in [-0.25, -0.2) is 14.8 Å². The van der Waals surface area contributed by atoms with E-state index in [4.69, 9.17) is 9.84 Å². The lowest BCUT2D eigenvalue weighted by Gasteiger charge is -2.08. The van der Waals surface area contributed by atoms with Gasteiger partial charge in [0.05, 0.1) is 4.47 Å². The first-order valence-electron chi connectivity index (χ1n) is 4.56. The molecule has 5 nitrogen and oxygen atoms in total. The Bertz CT molecular complexity index is 391. The zero-order valence-corrected chi connectivity index (χ0v) is 9.40. The van der Waals surface area contributed by atoms with Crippen molar-refractivity contribution in [1.29, 1.82) is 0 Å². The van der Waals surface area contributed by atoms with E-state index in [0.717, 1.165) is 12.8 Å². The van der Waals surface area contributed by atoms with E-state index in [0.29, 0.717) is 16.9 Å². The molecule has 1 atom stereocenters. The Hall–Kier alpha value is -1.01. The average Bonchev–Trinajstić information content (AvgIpc) is 2.71. The molecule has 0 amide bonds. The predicted octanol–water partition coefficient (Wildman–Crippen LogP) is 1.79. The fourth-order valence-corrected chi connectivity index (χ4v) is 1.83. The summed E-state index contributed by atoms with van der Waals surface area (Å²) < 4.78 is 5.77. The maximum atomic E-state index is 10.8. The molecular formula is C9H9BrN2O3. The highest BCUT2D eigenvalue weighted by atomic mass is 79.9. The van der Waals surface area contributed by atoms with Crippen LogP contribution in [0.5, 0.6) is 0 Å². The summed E-state index contributed by atoms with van der Waals surface area (Å²) in [5, 5.41) is 8.87. The van der Waals surface area contributed by atoms with E-state index in [9.17, 15) is 4.79 Å². The van der Waals surface area contributed by atoms with Crippen LogP contribution >= 0.6 is 15.9 Å². The summed E-state index contributed by atoms with van der Waals surface area (Å²) in [6.45, 7) is 0.687. The van der Waals surface area contributed by atoms with Crippen LogP contribution in [0.1, 0.15) is 35.3 Å². The molecule has 0 radical (unpaired) electrons. The van der Waals surface area contributed by atoms with Crippen LogP contribution in [0, 0.1) is 0 Å². The van der Waals surface area contributed by atoms with E-state index in [1.165, 1.54) is 6.20 Å². The van der Waals surface area contributed by atoms with Gasteiger partial charge in [-0.15, -0.1) is 0 Å². The quantitative estimate of drug-likeness (QED) is 0.889. The van der Waals surface area contributed by atoms with Gasteiger partial charge in [-0.2, -0.15) is 0 Å². The molecule has 0 spiro atoms. The highest BCUT2D eigenvalue weighted by Crippen LogP contribution is 2.26. The van der Waals surface area contributed by atoms with E-state index in [1.807, 2.05) is 0 Å². The van der Waals surface area contributed by atoms with Crippen LogP contribution in [0.4, 0.5) is 0 Å². The van der Waals surface area contributed by atoms with Crippen molar-refractivity contribution in [2.45, 2.75) is 18.9 Å². The minimum absolute atomic E-state index is 0.0181. The van der Waals surface area contributed by atoms with Gasteiger partial charge in [0.2, 0.25) is 0 Å². The molecule has 0 bridgehead atoms. The third-order valence-electron chi connectivity index (χ3n) is 2.18. The first-order chi connectivity index (χ1) is 7.18. The lowest BCUT2D eigenvalue weighted by Crippen LogP contribution is -2.09. The standard InChI is InChI=1S/C9H9BrN2O3/c10-5-4-11-8(6-2-1-3-15-6)12-7(5)9(13)14/h4,6H,1-3H2,(H,13,14). The third kappa shape index (κ3) is 2.15. The van der Waals surface area contributed by atoms with Crippen molar-refractivity contribution in [3.05, 3.63) is 22.2 Å². The molecule has 2 rings (SSSR count). The molecule has 1 saturated heterocycles. The number of nitrogens with zero attached hydrogens (tertiary/aromatic N) is 2. The number of carbonyl (C=O) groups is 1. The zero-order valence-electron chi connectivity index (χ0n) is 7.81. The van der Waals surface area contributed by atoms with E-state index >= 15 is 0 Å². The summed E-state index contributed by atoms with van der Waals surface area (Å²) in [6.07, 6.45) is 3.11. The van der Waals surface area contributed by atoms with Crippen molar-refractivity contribution in [1.82, 2.24) is 9.97 Å². The Morgan fingerprint density at radius 1 is 1.67 bits per heavy atom. The van der Waals surface area contributed by atoms with Gasteiger partial charge in [0.25, 0.3) is 0 Å². The Morgan fingerprint density at radius 3 is 3.07 bits per heavy atom. The Kier molecular flexibility index (Phi) is 2.97. The zero-order chi connectivity index (χ0) is 10.8. The van der Waals surface area contributed by atoms with Crippen molar-refractivity contribution in [3.63, 3.8) is 0 Å². The normalized spacial score (nSPS) is 20.5. The van der Waals surface area contributed by atoms with Gasteiger partial charge in [-0.3, -0.25) is 0 Å². The Balaban J connectivity index is 2.33. The summed E-state index contributed by atoms with van der Waals surface area (Å²) in [5.74, 6) is -0.614. The summed E-state index contributed by atoms with van der Waals surface area (Å²) in [5.41, 5.74) is -0.0181. The molecule has 0 saturated carbocycles. The number of aromatic nitrogens is 2. The maximum Gasteiger partial charge on any atom is 0.355 e. The smallest absolute Gasteiger partial charge is 0.355 e. The Morgan fingerprint density at radius 2 is 2.47 bits per heavy atom. The van der Waals surface area contributed by atoms with Crippen LogP contribution in [0.15, 0.2) is 10.7 Å². The molecule has 1 aromatic rings. The van der Waals surface area contributed by atoms with Crippen molar-refractivity contribution in [2.24, 2.45) is 0 Å². The molecule has 1 fully saturated rings. The van der Waals surface area contributed by atoms with Crippen molar-refractivity contribution >= 4 is 21.9 Å². The lowest BCUT2D eigenvalue weighted by molar-refractivity contribution is 0.0685. The molecule has 1 aliphatic heterocycles. The van der Waals surface area contributed by atoms with Crippen LogP contribution < -0.4 is 0 Å². The average molecular weight is 273 g/mol. The number of halogens is 1. The number of aromatic carboxylic acids is 1. The molecule has 15 heavy (non-hydrogen) atoms. The molecule has 1 N–H and O–H groups in total. The lowest BCUT2D eigenvalue weighted by atomic mass is 10.2. The second-order valence-corrected chi connectivity index (χ2v) is 4.09. The maximum absolute atomic E-state index is 10.8. The molecule has 1 aromatic heterocycles. The van der Waals surface area contributed by atoms with Gasteiger partial charge >= 0.3 is 5.97 Å². The summed E-state index contributed by atoms with van der Waals surface area (Å²) in [6, 6.07) is 0. The minimum Gasteiger partial charge on any atom is -0.476 e. The molecule has 0 aromatic carbocycles. The number of rotatable bonds is 2. The number of carboxylic acid groups (broad SMARTS) is 1. The first-order valence-corrected chi connectivity index (χ1v) is 5.35. The van der Waals surface area contributed by atoms with Gasteiger partial charge in [-0.05, 0) is 28.8 Å². The van der Waals surface area contributed by atoms with Crippen LogP contribution in [-0.4, -0.2) is 27.7 Å². The van der Waals surface area contributed by atoms with Gasteiger partial charge in [0.1, 0.15) is 6.10 Å². The predicted molar refractivity (Wildman–Crippen MR) is 54.6 cm³/mol. The number of hydrogen-bond donors (Lipinski definition) is 1. The number of carboxylic acids is 1. The molecule has 1 unspecified atom stereocenters. The summed E-state index contributed by atoms with van der Waals surface area (Å²) in [7, 11) is 0. The van der Waals surface area contributed by atoms with Crippen molar-refractivity contribution < 1.29 is 14.6 Å². The molecule has 1 aliphatic rings. The van der Waals surface area contributed by atoms with Crippen LogP contribution in [0.3, 0.4) is 0 Å². The highest BCUT2D eigenvalue weighted by molar-refractivity contribution is 9.10. The molecule has 0 aliphatic carbocycles. The van der Waals surface area contributed by atoms with Crippen LogP contribution in [0.25, 0.3) is 0 Å². The summed E-state index contributed by atoms with van der Waals surface area (Å²) in [4.78, 5) is 18.9. The third-order valence-corrected chi connectivity index (χ3v) is 2.76. The number of hydrogen-bond acceptors (Lipinski definition) is 4. The van der Waals surface area contributed by atoms with Crippen LogP contribution in [0.2, 0.25) is 0 Å². The molecule has 80 valence electrons. The van der Waals surface area contributed by atoms with Crippen molar-refractivity contribution in [3.8, 4) is 0 Å². The van der Waals surface area contributed by atoms with E-state index in [1.54, 1.807) is 0 Å². The van der Waals surface area contributed by atoms with Gasteiger partial charge in [0.15, 0.2) is 11.5 Å². The van der Waals surface area contributed by atoms with Crippen molar-refractivity contribution in [2.75, 3.05) is 6.61 Å². The SMILES string of the molecule is O=C(O)c1nc(C2CCCO2)ncc1Br.